The molecule has 186 valence electrons. The summed E-state index contributed by atoms with van der Waals surface area (Å²) in [5, 5.41) is -2.84. The minimum absolute atomic E-state index is 0.305. The molecule has 0 N–H and O–H groups in total. The lowest BCUT2D eigenvalue weighted by Crippen LogP contribution is -1.97. The fourth-order valence-corrected chi connectivity index (χ4v) is 5.06. The van der Waals surface area contributed by atoms with Crippen molar-refractivity contribution in [3.05, 3.63) is 139 Å². The average molecular weight is 533 g/mol. The Kier molecular flexibility index (Phi) is 1.84. The van der Waals surface area contributed by atoms with Crippen LogP contribution in [0.3, 0.4) is 0 Å². The van der Waals surface area contributed by atoms with Crippen molar-refractivity contribution in [1.82, 2.24) is 4.57 Å². The number of aromatic nitrogens is 1. The van der Waals surface area contributed by atoms with E-state index in [1.807, 2.05) is 0 Å². The fraction of sp³-hybridized carbons (Fsp3) is 0. The molecule has 2 nitrogen and oxygen atoms in total. The van der Waals surface area contributed by atoms with Crippen LogP contribution in [0.25, 0.3) is 71.3 Å². The van der Waals surface area contributed by atoms with Crippen LogP contribution in [0.2, 0.25) is 0 Å². The molecule has 7 aromatic carbocycles. The van der Waals surface area contributed by atoms with E-state index in [1.165, 1.54) is 0 Å². The van der Waals surface area contributed by atoms with E-state index < -0.39 is 216 Å². The monoisotopic (exact) mass is 532 g/mol. The molecule has 1 aliphatic heterocycles. The van der Waals surface area contributed by atoms with Gasteiger partial charge in [0.1, 0.15) is 11.5 Å². The molecule has 2 heterocycles. The Morgan fingerprint density at radius 2 is 1.27 bits per heavy atom. The molecular formula is C38H23NO. The minimum atomic E-state index is -0.960. The molecule has 0 saturated heterocycles. The van der Waals surface area contributed by atoms with Crippen LogP contribution in [0, 0.1) is 0 Å². The quantitative estimate of drug-likeness (QED) is 0.216. The SMILES string of the molecule is [2H]c1c([2H])c([2H])c(-n2c3c([2H])c([2H])c([2H])c(-c4c([2H])c([2H])c5c(c4[2H])-c4c([2H])c([2H])c([2H])c6c([2H])c([2H])c([2H])c(c46)O5)c3c3c([2H])c([2H])c4c([2H])c([2H])c([2H])c([2H])c4c32)c([2H])c1[2H]. The summed E-state index contributed by atoms with van der Waals surface area (Å²) >= 11 is 0. The van der Waals surface area contributed by atoms with Crippen molar-refractivity contribution in [2.24, 2.45) is 0 Å². The van der Waals surface area contributed by atoms with Crippen molar-refractivity contribution in [3.63, 3.8) is 0 Å². The Hall–Kier alpha value is -5.34. The highest BCUT2D eigenvalue weighted by atomic mass is 16.5. The first kappa shape index (κ1) is 9.11. The highest BCUT2D eigenvalue weighted by molar-refractivity contribution is 6.22. The Bertz CT molecular complexity index is 3540. The van der Waals surface area contributed by atoms with E-state index in [4.69, 9.17) is 28.0 Å². The van der Waals surface area contributed by atoms with Crippen molar-refractivity contribution in [1.29, 1.82) is 0 Å². The maximum absolute atomic E-state index is 9.72. The van der Waals surface area contributed by atoms with Gasteiger partial charge in [0.15, 0.2) is 0 Å². The maximum Gasteiger partial charge on any atom is 0.135 e. The van der Waals surface area contributed by atoms with Crippen molar-refractivity contribution in [3.8, 4) is 39.4 Å². The first-order valence-electron chi connectivity index (χ1n) is 23.3. The summed E-state index contributed by atoms with van der Waals surface area (Å²) in [6.07, 6.45) is 0. The second-order valence-corrected chi connectivity index (χ2v) is 8.77. The number of benzene rings is 7. The first-order chi connectivity index (χ1) is 29.4. The van der Waals surface area contributed by atoms with Gasteiger partial charge in [-0.1, -0.05) is 103 Å². The predicted molar refractivity (Wildman–Crippen MR) is 167 cm³/mol. The second-order valence-electron chi connectivity index (χ2n) is 8.77. The van der Waals surface area contributed by atoms with Crippen molar-refractivity contribution in [2.45, 2.75) is 0 Å². The van der Waals surface area contributed by atoms with Crippen molar-refractivity contribution in [2.75, 3.05) is 0 Å². The lowest BCUT2D eigenvalue weighted by Gasteiger charge is -2.22. The third kappa shape index (κ3) is 2.93. The number of ether oxygens (including phenoxy) is 1. The molecule has 1 aromatic heterocycles. The zero-order valence-electron chi connectivity index (χ0n) is 42.9. The van der Waals surface area contributed by atoms with Crippen LogP contribution in [-0.2, 0) is 0 Å². The van der Waals surface area contributed by atoms with E-state index >= 15 is 0 Å². The van der Waals surface area contributed by atoms with Crippen LogP contribution in [0.4, 0.5) is 0 Å². The molecular weight excluding hydrogens is 486 g/mol. The van der Waals surface area contributed by atoms with Crippen molar-refractivity contribution < 1.29 is 36.3 Å². The van der Waals surface area contributed by atoms with Gasteiger partial charge in [0.05, 0.1) is 42.6 Å². The van der Waals surface area contributed by atoms with Crippen LogP contribution >= 0.6 is 0 Å². The third-order valence-electron chi connectivity index (χ3n) is 6.68. The van der Waals surface area contributed by atoms with Gasteiger partial charge < -0.3 is 9.30 Å². The summed E-state index contributed by atoms with van der Waals surface area (Å²) in [5.41, 5.74) is -4.16. The first-order valence-corrected chi connectivity index (χ1v) is 11.8. The van der Waals surface area contributed by atoms with Crippen LogP contribution in [0.15, 0.2) is 139 Å². The second kappa shape index (κ2) is 8.08. The zero-order chi connectivity index (χ0) is 46.2. The van der Waals surface area contributed by atoms with Gasteiger partial charge in [-0.15, -0.1) is 0 Å². The summed E-state index contributed by atoms with van der Waals surface area (Å²) < 4.78 is 211. The average Bonchev–Trinajstić information content (AvgIpc) is 3.59. The van der Waals surface area contributed by atoms with Gasteiger partial charge in [0.2, 0.25) is 0 Å². The Morgan fingerprint density at radius 1 is 0.500 bits per heavy atom. The highest BCUT2D eigenvalue weighted by Gasteiger charge is 2.22. The summed E-state index contributed by atoms with van der Waals surface area (Å²) in [6, 6.07) is -19.1. The van der Waals surface area contributed by atoms with Crippen LogP contribution < -0.4 is 4.74 Å². The van der Waals surface area contributed by atoms with E-state index in [-0.39, 0.29) is 5.39 Å². The van der Waals surface area contributed by atoms with Gasteiger partial charge in [-0.25, -0.2) is 0 Å². The fourth-order valence-electron chi connectivity index (χ4n) is 5.06. The van der Waals surface area contributed by atoms with E-state index in [0.717, 1.165) is 4.57 Å². The molecule has 8 aromatic rings. The molecule has 9 rings (SSSR count). The maximum atomic E-state index is 9.72. The third-order valence-corrected chi connectivity index (χ3v) is 6.68. The smallest absolute Gasteiger partial charge is 0.135 e. The van der Waals surface area contributed by atoms with Crippen LogP contribution in [-0.4, -0.2) is 4.57 Å². The molecule has 40 heavy (non-hydrogen) atoms. The molecule has 0 spiro atoms. The summed E-state index contributed by atoms with van der Waals surface area (Å²) in [7, 11) is 0. The Balaban J connectivity index is 1.61. The molecule has 0 fully saturated rings. The number of para-hydroxylation sites is 1. The standard InChI is InChI=1S/C38H23NO/c1-2-12-27(13-3-1)39-33-17-8-15-28(37(33)31-21-19-24-9-4-5-14-29(24)38(31)39)26-20-22-34-32(23-26)30-16-6-10-25-11-7-18-35(40-34)36(25)30/h1-23H/i1D,2D,3D,4D,5D,6D,7D,8D,9D,10D,11D,12D,13D,14D,15D,16D,17D,18D,19D,20D,21D,22D,23D. The number of fused-ring (bicyclic) bond motifs is 7. The van der Waals surface area contributed by atoms with Gasteiger partial charge in [-0.2, -0.15) is 0 Å². The largest absolute Gasteiger partial charge is 0.456 e. The lowest BCUT2D eigenvalue weighted by molar-refractivity contribution is 0.487. The highest BCUT2D eigenvalue weighted by Crippen LogP contribution is 2.48. The summed E-state index contributed by atoms with van der Waals surface area (Å²) in [5.74, 6) is -1.12. The summed E-state index contributed by atoms with van der Waals surface area (Å²) in [6.45, 7) is 0. The van der Waals surface area contributed by atoms with Gasteiger partial charge in [-0.3, -0.25) is 0 Å². The molecule has 0 unspecified atom stereocenters. The van der Waals surface area contributed by atoms with E-state index in [1.54, 1.807) is 0 Å². The molecule has 0 bridgehead atoms. The molecule has 2 heteroatoms. The molecule has 0 aliphatic carbocycles. The predicted octanol–water partition coefficient (Wildman–Crippen LogP) is 10.5. The summed E-state index contributed by atoms with van der Waals surface area (Å²) in [4.78, 5) is 0. The normalized spacial score (nSPS) is 20.2. The number of hydrogen-bond acceptors (Lipinski definition) is 1. The van der Waals surface area contributed by atoms with Gasteiger partial charge >= 0.3 is 0 Å². The number of hydrogen-bond donors (Lipinski definition) is 0. The van der Waals surface area contributed by atoms with E-state index in [2.05, 4.69) is 0 Å². The van der Waals surface area contributed by atoms with Gasteiger partial charge in [-0.05, 0) is 63.7 Å². The van der Waals surface area contributed by atoms with E-state index in [9.17, 15) is 8.22 Å². The van der Waals surface area contributed by atoms with Crippen LogP contribution in [0.5, 0.6) is 11.5 Å². The molecule has 0 radical (unpaired) electrons. The molecule has 0 amide bonds. The van der Waals surface area contributed by atoms with Crippen molar-refractivity contribution >= 4 is 43.4 Å². The Labute approximate surface area is 263 Å². The van der Waals surface area contributed by atoms with Gasteiger partial charge in [0.25, 0.3) is 0 Å². The molecule has 0 saturated carbocycles. The molecule has 0 atom stereocenters. The van der Waals surface area contributed by atoms with Crippen LogP contribution in [0.1, 0.15) is 31.5 Å². The molecule has 1 aliphatic rings. The lowest BCUT2D eigenvalue weighted by atomic mass is 9.91. The topological polar surface area (TPSA) is 14.2 Å². The number of nitrogens with zero attached hydrogens (tertiary/aromatic N) is 1. The minimum Gasteiger partial charge on any atom is -0.456 e. The van der Waals surface area contributed by atoms with E-state index in [0.29, 0.717) is 0 Å². The zero-order valence-corrected chi connectivity index (χ0v) is 19.9. The Morgan fingerprint density at radius 3 is 2.20 bits per heavy atom. The van der Waals surface area contributed by atoms with Gasteiger partial charge in [0, 0.05) is 32.8 Å². The number of rotatable bonds is 2.